The summed E-state index contributed by atoms with van der Waals surface area (Å²) >= 11 is 0. The lowest BCUT2D eigenvalue weighted by Gasteiger charge is -2.26. The Morgan fingerprint density at radius 2 is 1.96 bits per heavy atom. The molecule has 2 aromatic heterocycles. The van der Waals surface area contributed by atoms with E-state index in [9.17, 15) is 0 Å². The van der Waals surface area contributed by atoms with Crippen LogP contribution in [0, 0.1) is 0 Å². The van der Waals surface area contributed by atoms with Crippen molar-refractivity contribution in [1.29, 1.82) is 0 Å². The smallest absolute Gasteiger partial charge is 0.231 e. The molecule has 2 aliphatic rings. The van der Waals surface area contributed by atoms with E-state index in [0.29, 0.717) is 0 Å². The van der Waals surface area contributed by atoms with Crippen molar-refractivity contribution in [2.75, 3.05) is 19.9 Å². The van der Waals surface area contributed by atoms with Crippen molar-refractivity contribution in [1.82, 2.24) is 14.5 Å². The zero-order valence-electron chi connectivity index (χ0n) is 14.5. The zero-order valence-corrected chi connectivity index (χ0v) is 14.5. The minimum atomic E-state index is 0.217. The highest BCUT2D eigenvalue weighted by molar-refractivity contribution is 5.62. The first-order valence-corrected chi connectivity index (χ1v) is 9.07. The Balaban J connectivity index is 1.46. The van der Waals surface area contributed by atoms with E-state index in [-0.39, 0.29) is 12.8 Å². The molecule has 2 aliphatic heterocycles. The van der Waals surface area contributed by atoms with Crippen LogP contribution in [-0.4, -0.2) is 34.3 Å². The van der Waals surface area contributed by atoms with E-state index in [4.69, 9.17) is 13.9 Å². The molecule has 0 N–H and O–H groups in total. The van der Waals surface area contributed by atoms with E-state index in [1.54, 1.807) is 6.26 Å². The summed E-state index contributed by atoms with van der Waals surface area (Å²) in [5.74, 6) is 3.51. The van der Waals surface area contributed by atoms with Crippen LogP contribution in [0.1, 0.15) is 24.6 Å². The highest BCUT2D eigenvalue weighted by Crippen LogP contribution is 2.36. The largest absolute Gasteiger partial charge is 0.468 e. The molecule has 6 heteroatoms. The standard InChI is InChI=1S/C20H21N3O3/c1-2-9-22(8-1)16(17-4-3-11-24-17)13-23-10-7-21-20(23)15-5-6-18-19(12-15)26-14-25-18/h3-7,10-12,16H,1-2,8-9,13-14H2/t16-/m1/s1. The lowest BCUT2D eigenvalue weighted by atomic mass is 10.1. The average molecular weight is 351 g/mol. The van der Waals surface area contributed by atoms with Gasteiger partial charge in [-0.25, -0.2) is 4.98 Å². The number of fused-ring (bicyclic) bond motifs is 1. The molecule has 0 unspecified atom stereocenters. The maximum Gasteiger partial charge on any atom is 0.231 e. The molecular weight excluding hydrogens is 330 g/mol. The third-order valence-corrected chi connectivity index (χ3v) is 5.17. The quantitative estimate of drug-likeness (QED) is 0.701. The van der Waals surface area contributed by atoms with E-state index < -0.39 is 0 Å². The number of rotatable bonds is 5. The monoisotopic (exact) mass is 351 g/mol. The van der Waals surface area contributed by atoms with Gasteiger partial charge in [0.25, 0.3) is 0 Å². The molecule has 3 aromatic rings. The van der Waals surface area contributed by atoms with Crippen LogP contribution in [0.4, 0.5) is 0 Å². The average Bonchev–Trinajstić information content (AvgIpc) is 3.47. The Bertz CT molecular complexity index is 882. The van der Waals surface area contributed by atoms with Gasteiger partial charge in [0, 0.05) is 24.5 Å². The highest BCUT2D eigenvalue weighted by Gasteiger charge is 2.27. The van der Waals surface area contributed by atoms with Crippen LogP contribution < -0.4 is 9.47 Å². The van der Waals surface area contributed by atoms with Crippen LogP contribution in [0.15, 0.2) is 53.4 Å². The third-order valence-electron chi connectivity index (χ3n) is 5.17. The second-order valence-corrected chi connectivity index (χ2v) is 6.75. The van der Waals surface area contributed by atoms with Crippen LogP contribution in [0.2, 0.25) is 0 Å². The highest BCUT2D eigenvalue weighted by atomic mass is 16.7. The molecule has 4 heterocycles. The lowest BCUT2D eigenvalue weighted by molar-refractivity contribution is 0.174. The molecule has 1 fully saturated rings. The van der Waals surface area contributed by atoms with Gasteiger partial charge in [0.15, 0.2) is 11.5 Å². The van der Waals surface area contributed by atoms with Crippen molar-refractivity contribution in [2.45, 2.75) is 25.4 Å². The number of furan rings is 1. The Labute approximate surface area is 152 Å². The lowest BCUT2D eigenvalue weighted by Crippen LogP contribution is -2.29. The van der Waals surface area contributed by atoms with Crippen LogP contribution in [0.3, 0.4) is 0 Å². The van der Waals surface area contributed by atoms with E-state index in [1.807, 2.05) is 36.7 Å². The van der Waals surface area contributed by atoms with Gasteiger partial charge in [-0.1, -0.05) is 0 Å². The van der Waals surface area contributed by atoms with E-state index in [2.05, 4.69) is 20.5 Å². The van der Waals surface area contributed by atoms with Gasteiger partial charge >= 0.3 is 0 Å². The van der Waals surface area contributed by atoms with Crippen molar-refractivity contribution in [3.8, 4) is 22.9 Å². The Hall–Kier alpha value is -2.73. The first-order chi connectivity index (χ1) is 12.9. The van der Waals surface area contributed by atoms with Crippen molar-refractivity contribution in [3.05, 3.63) is 54.7 Å². The molecule has 0 bridgehead atoms. The molecule has 5 rings (SSSR count). The molecular formula is C20H21N3O3. The Kier molecular flexibility index (Phi) is 3.90. The maximum absolute atomic E-state index is 5.75. The molecule has 0 saturated carbocycles. The molecule has 6 nitrogen and oxygen atoms in total. The molecule has 26 heavy (non-hydrogen) atoms. The molecule has 0 amide bonds. The molecule has 0 aliphatic carbocycles. The summed E-state index contributed by atoms with van der Waals surface area (Å²) in [6.07, 6.45) is 8.13. The topological polar surface area (TPSA) is 52.7 Å². The Morgan fingerprint density at radius 3 is 2.81 bits per heavy atom. The van der Waals surface area contributed by atoms with Gasteiger partial charge < -0.3 is 18.5 Å². The second kappa shape index (κ2) is 6.53. The first kappa shape index (κ1) is 15.5. The molecule has 134 valence electrons. The molecule has 0 spiro atoms. The minimum Gasteiger partial charge on any atom is -0.468 e. The summed E-state index contributed by atoms with van der Waals surface area (Å²) in [7, 11) is 0. The molecule has 1 atom stereocenters. The fraction of sp³-hybridized carbons (Fsp3) is 0.350. The predicted octanol–water partition coefficient (Wildman–Crippen LogP) is 3.71. The van der Waals surface area contributed by atoms with Crippen LogP contribution in [0.5, 0.6) is 11.5 Å². The van der Waals surface area contributed by atoms with E-state index in [0.717, 1.165) is 48.3 Å². The number of likely N-dealkylation sites (tertiary alicyclic amines) is 1. The van der Waals surface area contributed by atoms with Crippen LogP contribution in [-0.2, 0) is 6.54 Å². The number of hydrogen-bond donors (Lipinski definition) is 0. The summed E-state index contributed by atoms with van der Waals surface area (Å²) in [6, 6.07) is 10.2. The van der Waals surface area contributed by atoms with Gasteiger partial charge in [-0.15, -0.1) is 0 Å². The van der Waals surface area contributed by atoms with Crippen LogP contribution >= 0.6 is 0 Å². The predicted molar refractivity (Wildman–Crippen MR) is 96.0 cm³/mol. The van der Waals surface area contributed by atoms with E-state index >= 15 is 0 Å². The van der Waals surface area contributed by atoms with Crippen molar-refractivity contribution >= 4 is 0 Å². The summed E-state index contributed by atoms with van der Waals surface area (Å²) in [5.41, 5.74) is 1.03. The minimum absolute atomic E-state index is 0.217. The molecule has 1 saturated heterocycles. The normalized spacial score (nSPS) is 17.7. The number of ether oxygens (including phenoxy) is 2. The number of imidazole rings is 1. The first-order valence-electron chi connectivity index (χ1n) is 9.07. The van der Waals surface area contributed by atoms with Gasteiger partial charge in [-0.3, -0.25) is 4.90 Å². The number of nitrogens with zero attached hydrogens (tertiary/aromatic N) is 3. The molecule has 0 radical (unpaired) electrons. The van der Waals surface area contributed by atoms with Crippen molar-refractivity contribution in [3.63, 3.8) is 0 Å². The summed E-state index contributed by atoms with van der Waals surface area (Å²) in [5, 5.41) is 0. The van der Waals surface area contributed by atoms with Gasteiger partial charge in [0.1, 0.15) is 11.6 Å². The van der Waals surface area contributed by atoms with Gasteiger partial charge in [0.05, 0.1) is 12.3 Å². The summed E-state index contributed by atoms with van der Waals surface area (Å²) in [6.45, 7) is 3.30. The van der Waals surface area contributed by atoms with Crippen molar-refractivity contribution in [2.24, 2.45) is 0 Å². The van der Waals surface area contributed by atoms with Crippen molar-refractivity contribution < 1.29 is 13.9 Å². The van der Waals surface area contributed by atoms with Gasteiger partial charge in [-0.05, 0) is 56.3 Å². The number of hydrogen-bond acceptors (Lipinski definition) is 5. The van der Waals surface area contributed by atoms with Crippen LogP contribution in [0.25, 0.3) is 11.4 Å². The fourth-order valence-electron chi connectivity index (χ4n) is 3.86. The SMILES string of the molecule is c1coc([C@@H](Cn2ccnc2-c2ccc3c(c2)OCO3)N2CCCC2)c1. The van der Waals surface area contributed by atoms with Gasteiger partial charge in [-0.2, -0.15) is 0 Å². The number of benzene rings is 1. The van der Waals surface area contributed by atoms with Gasteiger partial charge in [0.2, 0.25) is 6.79 Å². The second-order valence-electron chi connectivity index (χ2n) is 6.75. The maximum atomic E-state index is 5.75. The fourth-order valence-corrected chi connectivity index (χ4v) is 3.86. The summed E-state index contributed by atoms with van der Waals surface area (Å²) in [4.78, 5) is 7.09. The Morgan fingerprint density at radius 1 is 1.08 bits per heavy atom. The number of aromatic nitrogens is 2. The third kappa shape index (κ3) is 2.76. The summed E-state index contributed by atoms with van der Waals surface area (Å²) < 4.78 is 18.9. The molecule has 1 aromatic carbocycles. The van der Waals surface area contributed by atoms with E-state index in [1.165, 1.54) is 12.8 Å². The zero-order chi connectivity index (χ0) is 17.3.